The van der Waals surface area contributed by atoms with E-state index in [0.29, 0.717) is 16.7 Å². The molecular formula is C6H3ClN4O. The number of rotatable bonds is 1. The quantitative estimate of drug-likeness (QED) is 0.663. The normalized spacial score (nSPS) is 10.1. The van der Waals surface area contributed by atoms with E-state index in [4.69, 9.17) is 11.6 Å². The van der Waals surface area contributed by atoms with Gasteiger partial charge in [-0.15, -0.1) is 0 Å². The third-order valence-corrected chi connectivity index (χ3v) is 1.38. The maximum absolute atomic E-state index is 5.60. The highest BCUT2D eigenvalue weighted by molar-refractivity contribution is 6.29. The summed E-state index contributed by atoms with van der Waals surface area (Å²) in [6.45, 7) is 0. The zero-order chi connectivity index (χ0) is 8.39. The molecule has 0 saturated carbocycles. The fraction of sp³-hybridized carbons (Fsp3) is 0. The molecule has 2 heterocycles. The standard InChI is InChI=1S/C6H3ClN4O/c7-5-2-8-1-4(10-5)6-9-3-12-11-6/h1-3H. The van der Waals surface area contributed by atoms with Gasteiger partial charge < -0.3 is 4.52 Å². The highest BCUT2D eigenvalue weighted by Crippen LogP contribution is 2.11. The minimum atomic E-state index is 0.303. The average molecular weight is 183 g/mol. The van der Waals surface area contributed by atoms with Gasteiger partial charge in [-0.05, 0) is 0 Å². The molecule has 2 rings (SSSR count). The Morgan fingerprint density at radius 3 is 2.92 bits per heavy atom. The van der Waals surface area contributed by atoms with Gasteiger partial charge in [0.2, 0.25) is 12.2 Å². The molecule has 0 bridgehead atoms. The SMILES string of the molecule is Clc1cncc(-c2ncon2)n1. The van der Waals surface area contributed by atoms with E-state index < -0.39 is 0 Å². The highest BCUT2D eigenvalue weighted by Gasteiger charge is 2.04. The Morgan fingerprint density at radius 1 is 1.33 bits per heavy atom. The van der Waals surface area contributed by atoms with Gasteiger partial charge in [0.05, 0.1) is 12.4 Å². The fourth-order valence-electron chi connectivity index (χ4n) is 0.733. The maximum atomic E-state index is 5.60. The summed E-state index contributed by atoms with van der Waals surface area (Å²) in [5, 5.41) is 3.88. The smallest absolute Gasteiger partial charge is 0.222 e. The summed E-state index contributed by atoms with van der Waals surface area (Å²) in [6.07, 6.45) is 4.17. The van der Waals surface area contributed by atoms with Crippen molar-refractivity contribution in [3.8, 4) is 11.5 Å². The van der Waals surface area contributed by atoms with Gasteiger partial charge in [-0.25, -0.2) is 4.98 Å². The van der Waals surface area contributed by atoms with Crippen molar-refractivity contribution < 1.29 is 4.52 Å². The summed E-state index contributed by atoms with van der Waals surface area (Å²) in [4.78, 5) is 11.5. The number of halogens is 1. The van der Waals surface area contributed by atoms with E-state index in [0.717, 1.165) is 0 Å². The van der Waals surface area contributed by atoms with Crippen LogP contribution in [0.3, 0.4) is 0 Å². The van der Waals surface area contributed by atoms with Crippen LogP contribution < -0.4 is 0 Å². The van der Waals surface area contributed by atoms with Crippen molar-refractivity contribution in [2.24, 2.45) is 0 Å². The van der Waals surface area contributed by atoms with Crippen LogP contribution in [-0.4, -0.2) is 20.1 Å². The lowest BCUT2D eigenvalue weighted by molar-refractivity contribution is 0.418. The van der Waals surface area contributed by atoms with Crippen molar-refractivity contribution >= 4 is 11.6 Å². The van der Waals surface area contributed by atoms with E-state index in [2.05, 4.69) is 24.6 Å². The molecule has 0 aliphatic heterocycles. The van der Waals surface area contributed by atoms with Crippen molar-refractivity contribution in [3.63, 3.8) is 0 Å². The van der Waals surface area contributed by atoms with Crippen LogP contribution in [0.5, 0.6) is 0 Å². The first-order valence-corrected chi connectivity index (χ1v) is 3.48. The summed E-state index contributed by atoms with van der Waals surface area (Å²) in [7, 11) is 0. The average Bonchev–Trinajstić information content (AvgIpc) is 2.56. The summed E-state index contributed by atoms with van der Waals surface area (Å²) < 4.78 is 4.54. The Bertz CT molecular complexity index is 375. The van der Waals surface area contributed by atoms with E-state index in [1.807, 2.05) is 0 Å². The molecule has 0 unspecified atom stereocenters. The minimum absolute atomic E-state index is 0.303. The lowest BCUT2D eigenvalue weighted by Gasteiger charge is -1.91. The molecule has 12 heavy (non-hydrogen) atoms. The van der Waals surface area contributed by atoms with Gasteiger partial charge in [0.1, 0.15) is 10.8 Å². The zero-order valence-corrected chi connectivity index (χ0v) is 6.56. The Hall–Kier alpha value is -1.49. The summed E-state index contributed by atoms with van der Waals surface area (Å²) in [5.41, 5.74) is 0.497. The summed E-state index contributed by atoms with van der Waals surface area (Å²) in [6, 6.07) is 0. The zero-order valence-electron chi connectivity index (χ0n) is 5.81. The van der Waals surface area contributed by atoms with Crippen LogP contribution in [0.15, 0.2) is 23.3 Å². The molecule has 0 N–H and O–H groups in total. The second kappa shape index (κ2) is 2.86. The molecule has 0 saturated heterocycles. The van der Waals surface area contributed by atoms with Gasteiger partial charge in [0.25, 0.3) is 0 Å². The molecule has 2 aromatic heterocycles. The molecule has 0 fully saturated rings. The van der Waals surface area contributed by atoms with Gasteiger partial charge in [0.15, 0.2) is 0 Å². The van der Waals surface area contributed by atoms with Crippen molar-refractivity contribution in [2.75, 3.05) is 0 Å². The van der Waals surface area contributed by atoms with Crippen molar-refractivity contribution in [1.82, 2.24) is 20.1 Å². The molecule has 0 aliphatic carbocycles. The molecule has 5 nitrogen and oxygen atoms in total. The van der Waals surface area contributed by atoms with Crippen LogP contribution in [0, 0.1) is 0 Å². The third-order valence-electron chi connectivity index (χ3n) is 1.20. The van der Waals surface area contributed by atoms with Crippen LogP contribution in [0.1, 0.15) is 0 Å². The van der Waals surface area contributed by atoms with Gasteiger partial charge in [0, 0.05) is 0 Å². The Labute approximate surface area is 72.4 Å². The van der Waals surface area contributed by atoms with Crippen LogP contribution >= 0.6 is 11.6 Å². The number of hydrogen-bond donors (Lipinski definition) is 0. The first-order valence-electron chi connectivity index (χ1n) is 3.10. The molecule has 2 aromatic rings. The van der Waals surface area contributed by atoms with Crippen molar-refractivity contribution in [2.45, 2.75) is 0 Å². The number of aromatic nitrogens is 4. The van der Waals surface area contributed by atoms with Gasteiger partial charge >= 0.3 is 0 Å². The highest BCUT2D eigenvalue weighted by atomic mass is 35.5. The molecule has 6 heteroatoms. The Balaban J connectivity index is 2.48. The summed E-state index contributed by atoms with van der Waals surface area (Å²) in [5.74, 6) is 0.380. The van der Waals surface area contributed by atoms with Gasteiger partial charge in [-0.3, -0.25) is 4.98 Å². The largest absolute Gasteiger partial charge is 0.342 e. The lowest BCUT2D eigenvalue weighted by atomic mass is 10.4. The predicted octanol–water partition coefficient (Wildman–Crippen LogP) is 1.18. The van der Waals surface area contributed by atoms with Gasteiger partial charge in [-0.2, -0.15) is 4.98 Å². The molecule has 0 atom stereocenters. The molecule has 0 spiro atoms. The van der Waals surface area contributed by atoms with Crippen LogP contribution in [0.4, 0.5) is 0 Å². The first-order chi connectivity index (χ1) is 5.86. The molecule has 0 aromatic carbocycles. The third kappa shape index (κ3) is 1.26. The Kier molecular flexibility index (Phi) is 1.71. The summed E-state index contributed by atoms with van der Waals surface area (Å²) >= 11 is 5.60. The van der Waals surface area contributed by atoms with Crippen LogP contribution in [0.2, 0.25) is 5.15 Å². The van der Waals surface area contributed by atoms with Crippen molar-refractivity contribution in [1.29, 1.82) is 0 Å². The van der Waals surface area contributed by atoms with E-state index in [9.17, 15) is 0 Å². The molecule has 0 radical (unpaired) electrons. The predicted molar refractivity (Wildman–Crippen MR) is 40.3 cm³/mol. The topological polar surface area (TPSA) is 64.7 Å². The van der Waals surface area contributed by atoms with Crippen molar-refractivity contribution in [3.05, 3.63) is 23.9 Å². The minimum Gasteiger partial charge on any atom is -0.342 e. The second-order valence-electron chi connectivity index (χ2n) is 1.98. The van der Waals surface area contributed by atoms with E-state index in [-0.39, 0.29) is 0 Å². The molecular weight excluding hydrogens is 180 g/mol. The van der Waals surface area contributed by atoms with E-state index in [1.54, 1.807) is 0 Å². The maximum Gasteiger partial charge on any atom is 0.222 e. The van der Waals surface area contributed by atoms with E-state index in [1.165, 1.54) is 18.8 Å². The van der Waals surface area contributed by atoms with Crippen LogP contribution in [0.25, 0.3) is 11.5 Å². The van der Waals surface area contributed by atoms with E-state index >= 15 is 0 Å². The Morgan fingerprint density at radius 2 is 2.25 bits per heavy atom. The number of nitrogens with zero attached hydrogens (tertiary/aromatic N) is 4. The second-order valence-corrected chi connectivity index (χ2v) is 2.37. The first kappa shape index (κ1) is 7.17. The molecule has 60 valence electrons. The lowest BCUT2D eigenvalue weighted by Crippen LogP contribution is -1.87. The number of hydrogen-bond acceptors (Lipinski definition) is 5. The monoisotopic (exact) mass is 182 g/mol. The fourth-order valence-corrected chi connectivity index (χ4v) is 0.881. The van der Waals surface area contributed by atoms with Crippen LogP contribution in [-0.2, 0) is 0 Å². The molecule has 0 amide bonds. The molecule has 0 aliphatic rings. The van der Waals surface area contributed by atoms with Gasteiger partial charge in [-0.1, -0.05) is 16.8 Å².